The molecule has 0 N–H and O–H groups in total. The Balaban J connectivity index is 1.61. The van der Waals surface area contributed by atoms with Gasteiger partial charge in [0.1, 0.15) is 0 Å². The molecule has 6 heteroatoms. The first-order chi connectivity index (χ1) is 11.1. The number of hydrogen-bond donors (Lipinski definition) is 0. The van der Waals surface area contributed by atoms with Crippen LogP contribution in [-0.2, 0) is 19.1 Å². The quantitative estimate of drug-likeness (QED) is 0.478. The summed E-state index contributed by atoms with van der Waals surface area (Å²) in [5.74, 6) is -1.75. The zero-order chi connectivity index (χ0) is 16.1. The molecule has 4 atom stereocenters. The van der Waals surface area contributed by atoms with Crippen molar-refractivity contribution in [2.45, 2.75) is 19.1 Å². The van der Waals surface area contributed by atoms with E-state index in [-0.39, 0.29) is 24.0 Å². The van der Waals surface area contributed by atoms with Crippen LogP contribution in [0, 0.1) is 11.8 Å². The van der Waals surface area contributed by atoms with Crippen LogP contribution in [-0.4, -0.2) is 36.6 Å². The van der Waals surface area contributed by atoms with Crippen LogP contribution in [0.2, 0.25) is 0 Å². The van der Waals surface area contributed by atoms with Crippen molar-refractivity contribution in [2.24, 2.45) is 11.8 Å². The minimum Gasteiger partial charge on any atom is -0.462 e. The Morgan fingerprint density at radius 3 is 2.17 bits per heavy atom. The average Bonchev–Trinajstić information content (AvgIpc) is 3.22. The molecule has 0 spiro atoms. The topological polar surface area (TPSA) is 72.9 Å². The summed E-state index contributed by atoms with van der Waals surface area (Å²) in [6.45, 7) is 2.03. The first-order valence-electron chi connectivity index (χ1n) is 7.60. The van der Waals surface area contributed by atoms with E-state index in [1.54, 1.807) is 31.2 Å². The molecule has 0 unspecified atom stereocenters. The lowest BCUT2D eigenvalue weighted by Gasteiger charge is -2.17. The maximum absolute atomic E-state index is 12.6. The normalized spacial score (nSPS) is 30.9. The Labute approximate surface area is 132 Å². The maximum Gasteiger partial charge on any atom is 0.338 e. The molecule has 3 heterocycles. The van der Waals surface area contributed by atoms with Gasteiger partial charge in [-0.15, -0.1) is 0 Å². The van der Waals surface area contributed by atoms with Crippen LogP contribution in [0.15, 0.2) is 36.4 Å². The fraction of sp³-hybridized carbons (Fsp3) is 0.353. The van der Waals surface area contributed by atoms with E-state index >= 15 is 0 Å². The number of fused-ring (bicyclic) bond motifs is 5. The lowest BCUT2D eigenvalue weighted by molar-refractivity contribution is -0.124. The third kappa shape index (κ3) is 1.95. The van der Waals surface area contributed by atoms with Crippen LogP contribution in [0.5, 0.6) is 0 Å². The molecule has 2 amide bonds. The van der Waals surface area contributed by atoms with E-state index in [4.69, 9.17) is 9.47 Å². The van der Waals surface area contributed by atoms with Crippen molar-refractivity contribution in [1.29, 1.82) is 0 Å². The molecule has 2 saturated heterocycles. The van der Waals surface area contributed by atoms with Gasteiger partial charge in [-0.1, -0.05) is 12.2 Å². The highest BCUT2D eigenvalue weighted by Gasteiger charge is 2.60. The molecule has 3 aliphatic heterocycles. The number of rotatable bonds is 3. The van der Waals surface area contributed by atoms with Crippen molar-refractivity contribution in [1.82, 2.24) is 0 Å². The number of benzene rings is 1. The predicted octanol–water partition coefficient (Wildman–Crippen LogP) is 1.31. The summed E-state index contributed by atoms with van der Waals surface area (Å²) in [4.78, 5) is 38.1. The molecule has 2 fully saturated rings. The second-order valence-corrected chi connectivity index (χ2v) is 5.78. The van der Waals surface area contributed by atoms with E-state index in [2.05, 4.69) is 0 Å². The van der Waals surface area contributed by atoms with Crippen molar-refractivity contribution < 1.29 is 23.9 Å². The van der Waals surface area contributed by atoms with Gasteiger partial charge in [-0.05, 0) is 31.2 Å². The Morgan fingerprint density at radius 1 is 1.09 bits per heavy atom. The monoisotopic (exact) mass is 313 g/mol. The second-order valence-electron chi connectivity index (χ2n) is 5.78. The molecule has 23 heavy (non-hydrogen) atoms. The van der Waals surface area contributed by atoms with Gasteiger partial charge < -0.3 is 9.47 Å². The van der Waals surface area contributed by atoms with Crippen LogP contribution >= 0.6 is 0 Å². The highest BCUT2D eigenvalue weighted by molar-refractivity contribution is 6.23. The van der Waals surface area contributed by atoms with Gasteiger partial charge in [-0.2, -0.15) is 0 Å². The number of carbonyl (C=O) groups excluding carboxylic acids is 3. The van der Waals surface area contributed by atoms with Gasteiger partial charge >= 0.3 is 5.97 Å². The first kappa shape index (κ1) is 14.1. The Bertz CT molecular complexity index is 693. The van der Waals surface area contributed by atoms with E-state index in [1.807, 2.05) is 12.2 Å². The average molecular weight is 313 g/mol. The highest BCUT2D eigenvalue weighted by atomic mass is 16.5. The summed E-state index contributed by atoms with van der Waals surface area (Å²) in [5, 5.41) is 0. The summed E-state index contributed by atoms with van der Waals surface area (Å²) in [6.07, 6.45) is 3.10. The molecule has 118 valence electrons. The first-order valence-corrected chi connectivity index (χ1v) is 7.60. The van der Waals surface area contributed by atoms with Gasteiger partial charge in [-0.3, -0.25) is 9.59 Å². The predicted molar refractivity (Wildman–Crippen MR) is 79.7 cm³/mol. The molecule has 0 radical (unpaired) electrons. The molecule has 0 saturated carbocycles. The fourth-order valence-electron chi connectivity index (χ4n) is 3.52. The van der Waals surface area contributed by atoms with Crippen LogP contribution in [0.4, 0.5) is 5.69 Å². The van der Waals surface area contributed by atoms with E-state index in [1.165, 1.54) is 4.90 Å². The number of amides is 2. The van der Waals surface area contributed by atoms with Crippen molar-refractivity contribution in [3.8, 4) is 0 Å². The number of imide groups is 1. The molecule has 1 aromatic carbocycles. The summed E-state index contributed by atoms with van der Waals surface area (Å²) >= 11 is 0. The molecular formula is C17H15NO5. The van der Waals surface area contributed by atoms with Crippen LogP contribution in [0.3, 0.4) is 0 Å². The zero-order valence-electron chi connectivity index (χ0n) is 12.5. The largest absolute Gasteiger partial charge is 0.462 e. The summed E-state index contributed by atoms with van der Waals surface area (Å²) in [7, 11) is 0. The summed E-state index contributed by atoms with van der Waals surface area (Å²) in [6, 6.07) is 6.31. The number of anilines is 1. The third-order valence-electron chi connectivity index (χ3n) is 4.55. The second kappa shape index (κ2) is 5.03. The lowest BCUT2D eigenvalue weighted by Crippen LogP contribution is -2.34. The van der Waals surface area contributed by atoms with Crippen LogP contribution < -0.4 is 4.90 Å². The minimum atomic E-state index is -0.428. The molecule has 1 aromatic rings. The SMILES string of the molecule is CCOC(=O)c1ccc(N2C(=O)[C@@H]3[C@H](C2=O)[C@H]2C=C[C@H]3O2)cc1. The minimum absolute atomic E-state index is 0.235. The van der Waals surface area contributed by atoms with Crippen molar-refractivity contribution >= 4 is 23.5 Å². The highest BCUT2D eigenvalue weighted by Crippen LogP contribution is 2.46. The molecular weight excluding hydrogens is 298 g/mol. The van der Waals surface area contributed by atoms with Crippen LogP contribution in [0.1, 0.15) is 17.3 Å². The van der Waals surface area contributed by atoms with E-state index in [0.717, 1.165) is 0 Å². The third-order valence-corrected chi connectivity index (χ3v) is 4.55. The molecule has 0 aliphatic carbocycles. The van der Waals surface area contributed by atoms with E-state index in [9.17, 15) is 14.4 Å². The van der Waals surface area contributed by atoms with E-state index in [0.29, 0.717) is 17.9 Å². The maximum atomic E-state index is 12.6. The lowest BCUT2D eigenvalue weighted by atomic mass is 9.85. The molecule has 0 aromatic heterocycles. The Hall–Kier alpha value is -2.47. The fourth-order valence-corrected chi connectivity index (χ4v) is 3.52. The van der Waals surface area contributed by atoms with Gasteiger partial charge in [0, 0.05) is 0 Å². The van der Waals surface area contributed by atoms with Gasteiger partial charge in [0.2, 0.25) is 11.8 Å². The number of esters is 1. The van der Waals surface area contributed by atoms with Crippen molar-refractivity contribution in [3.63, 3.8) is 0 Å². The molecule has 3 aliphatic rings. The van der Waals surface area contributed by atoms with E-state index < -0.39 is 17.8 Å². The summed E-state index contributed by atoms with van der Waals surface area (Å²) < 4.78 is 10.5. The molecule has 2 bridgehead atoms. The van der Waals surface area contributed by atoms with Gasteiger partial charge in [0.15, 0.2) is 0 Å². The smallest absolute Gasteiger partial charge is 0.338 e. The van der Waals surface area contributed by atoms with Crippen LogP contribution in [0.25, 0.3) is 0 Å². The van der Waals surface area contributed by atoms with Gasteiger partial charge in [-0.25, -0.2) is 9.69 Å². The van der Waals surface area contributed by atoms with Crippen molar-refractivity contribution in [3.05, 3.63) is 42.0 Å². The van der Waals surface area contributed by atoms with Gasteiger partial charge in [0.25, 0.3) is 0 Å². The standard InChI is InChI=1S/C17H15NO5/c1-2-22-17(21)9-3-5-10(6-4-9)18-15(19)13-11-7-8-12(23-11)14(13)16(18)20/h3-8,11-14H,2H2,1H3/t11-,12-,13-,14+/m1/s1. The summed E-state index contributed by atoms with van der Waals surface area (Å²) in [5.41, 5.74) is 0.863. The number of carbonyl (C=O) groups is 3. The number of nitrogens with zero attached hydrogens (tertiary/aromatic N) is 1. The van der Waals surface area contributed by atoms with Gasteiger partial charge in [0.05, 0.1) is 41.9 Å². The number of hydrogen-bond acceptors (Lipinski definition) is 5. The zero-order valence-corrected chi connectivity index (χ0v) is 12.5. The molecule has 4 rings (SSSR count). The van der Waals surface area contributed by atoms with Crippen molar-refractivity contribution in [2.75, 3.05) is 11.5 Å². The molecule has 6 nitrogen and oxygen atoms in total. The Kier molecular flexibility index (Phi) is 3.09. The number of ether oxygens (including phenoxy) is 2. The Morgan fingerprint density at radius 2 is 1.65 bits per heavy atom.